The lowest BCUT2D eigenvalue weighted by Crippen LogP contribution is -2.37. The molecule has 0 bridgehead atoms. The number of rotatable bonds is 5. The average Bonchev–Trinajstić information content (AvgIpc) is 2.43. The third-order valence-electron chi connectivity index (χ3n) is 2.90. The second kappa shape index (κ2) is 6.04. The molecule has 2 aromatic rings. The lowest BCUT2D eigenvalue weighted by molar-refractivity contribution is -0.122. The first-order valence-corrected chi connectivity index (χ1v) is 6.26. The van der Waals surface area contributed by atoms with Crippen LogP contribution in [0.15, 0.2) is 33.9 Å². The number of nitrogens with two attached hydrogens (primary N) is 1. The van der Waals surface area contributed by atoms with E-state index in [0.29, 0.717) is 10.9 Å². The molecule has 8 heteroatoms. The summed E-state index contributed by atoms with van der Waals surface area (Å²) in [6.07, 6.45) is 0.0208. The third-order valence-corrected chi connectivity index (χ3v) is 2.90. The van der Waals surface area contributed by atoms with Gasteiger partial charge in [0.15, 0.2) is 0 Å². The lowest BCUT2D eigenvalue weighted by Gasteiger charge is -2.09. The lowest BCUT2D eigenvalue weighted by atomic mass is 10.2. The van der Waals surface area contributed by atoms with Gasteiger partial charge in [-0.1, -0.05) is 12.1 Å². The van der Waals surface area contributed by atoms with Crippen LogP contribution in [-0.4, -0.2) is 27.9 Å². The Kier molecular flexibility index (Phi) is 4.17. The summed E-state index contributed by atoms with van der Waals surface area (Å²) in [5, 5.41) is 2.80. The van der Waals surface area contributed by atoms with Crippen molar-refractivity contribution in [1.29, 1.82) is 0 Å². The van der Waals surface area contributed by atoms with Crippen LogP contribution in [0, 0.1) is 0 Å². The fraction of sp³-hybridized carbons (Fsp3) is 0.231. The topological polar surface area (TPSA) is 127 Å². The smallest absolute Gasteiger partial charge is 0.329 e. The van der Waals surface area contributed by atoms with E-state index in [0.717, 1.165) is 4.57 Å². The molecule has 21 heavy (non-hydrogen) atoms. The number of nitrogens with one attached hydrogen (secondary N) is 2. The minimum absolute atomic E-state index is 0.0208. The zero-order valence-electron chi connectivity index (χ0n) is 11.1. The molecule has 1 aromatic heterocycles. The molecule has 2 rings (SSSR count). The molecular formula is C13H14N4O4. The number of aromatic nitrogens is 2. The van der Waals surface area contributed by atoms with Crippen LogP contribution in [-0.2, 0) is 16.1 Å². The van der Waals surface area contributed by atoms with E-state index in [4.69, 9.17) is 5.73 Å². The monoisotopic (exact) mass is 290 g/mol. The summed E-state index contributed by atoms with van der Waals surface area (Å²) in [6.45, 7) is -0.154. The van der Waals surface area contributed by atoms with Gasteiger partial charge in [0.2, 0.25) is 11.8 Å². The molecule has 1 aromatic carbocycles. The first-order chi connectivity index (χ1) is 9.99. The molecule has 0 saturated carbocycles. The summed E-state index contributed by atoms with van der Waals surface area (Å²) >= 11 is 0. The maximum Gasteiger partial charge on any atom is 0.329 e. The molecule has 110 valence electrons. The van der Waals surface area contributed by atoms with Crippen LogP contribution in [0.2, 0.25) is 0 Å². The number of para-hydroxylation sites is 1. The summed E-state index contributed by atoms with van der Waals surface area (Å²) in [5.41, 5.74) is 4.17. The average molecular weight is 290 g/mol. The van der Waals surface area contributed by atoms with E-state index in [9.17, 15) is 19.2 Å². The number of primary amides is 1. The fourth-order valence-corrected chi connectivity index (χ4v) is 1.92. The van der Waals surface area contributed by atoms with Crippen molar-refractivity contribution in [3.63, 3.8) is 0 Å². The number of amides is 2. The molecule has 1 heterocycles. The van der Waals surface area contributed by atoms with Gasteiger partial charge in [-0.2, -0.15) is 0 Å². The van der Waals surface area contributed by atoms with Crippen LogP contribution in [0.1, 0.15) is 6.42 Å². The second-order valence-electron chi connectivity index (χ2n) is 4.43. The maximum atomic E-state index is 11.8. The number of hydrogen-bond acceptors (Lipinski definition) is 4. The van der Waals surface area contributed by atoms with Crippen LogP contribution in [0.4, 0.5) is 0 Å². The largest absolute Gasteiger partial charge is 0.370 e. The van der Waals surface area contributed by atoms with E-state index < -0.39 is 23.1 Å². The van der Waals surface area contributed by atoms with Gasteiger partial charge in [-0.15, -0.1) is 0 Å². The van der Waals surface area contributed by atoms with E-state index in [2.05, 4.69) is 10.3 Å². The van der Waals surface area contributed by atoms with Crippen LogP contribution >= 0.6 is 0 Å². The number of carbonyl (C=O) groups is 2. The van der Waals surface area contributed by atoms with Crippen molar-refractivity contribution >= 4 is 22.7 Å². The van der Waals surface area contributed by atoms with Crippen molar-refractivity contribution in [2.45, 2.75) is 13.0 Å². The number of benzene rings is 1. The number of aromatic amines is 1. The molecule has 0 saturated heterocycles. The highest BCUT2D eigenvalue weighted by Gasteiger charge is 2.10. The number of H-pyrrole nitrogens is 1. The summed E-state index contributed by atoms with van der Waals surface area (Å²) in [4.78, 5) is 48.0. The van der Waals surface area contributed by atoms with Gasteiger partial charge in [-0.05, 0) is 12.1 Å². The first kappa shape index (κ1) is 14.5. The minimum Gasteiger partial charge on any atom is -0.370 e. The Hall–Kier alpha value is -2.90. The van der Waals surface area contributed by atoms with Crippen LogP contribution in [0.5, 0.6) is 0 Å². The Labute approximate surface area is 118 Å². The van der Waals surface area contributed by atoms with Crippen molar-refractivity contribution in [1.82, 2.24) is 14.9 Å². The van der Waals surface area contributed by atoms with Crippen molar-refractivity contribution in [3.05, 3.63) is 45.1 Å². The van der Waals surface area contributed by atoms with Crippen molar-refractivity contribution in [2.75, 3.05) is 6.54 Å². The fourth-order valence-electron chi connectivity index (χ4n) is 1.92. The predicted molar refractivity (Wildman–Crippen MR) is 75.6 cm³/mol. The van der Waals surface area contributed by atoms with Gasteiger partial charge in [-0.3, -0.25) is 23.9 Å². The Morgan fingerprint density at radius 2 is 1.95 bits per heavy atom. The standard InChI is InChI=1S/C13H14N4O4/c14-10(18)5-6-15-11(19)7-17-9-4-2-1-3-8(9)12(20)16-13(17)21/h1-4H,5-7H2,(H2,14,18)(H,15,19)(H,16,20,21). The van der Waals surface area contributed by atoms with Gasteiger partial charge < -0.3 is 11.1 Å². The third kappa shape index (κ3) is 3.35. The predicted octanol–water partition coefficient (Wildman–Crippen LogP) is -1.32. The number of hydrogen-bond donors (Lipinski definition) is 3. The number of carbonyl (C=O) groups excluding carboxylic acids is 2. The second-order valence-corrected chi connectivity index (χ2v) is 4.43. The molecule has 0 spiro atoms. The van der Waals surface area contributed by atoms with Gasteiger partial charge in [0.05, 0.1) is 10.9 Å². The maximum absolute atomic E-state index is 11.8. The Morgan fingerprint density at radius 3 is 2.67 bits per heavy atom. The minimum atomic E-state index is -0.663. The normalized spacial score (nSPS) is 10.5. The highest BCUT2D eigenvalue weighted by molar-refractivity contribution is 5.82. The van der Waals surface area contributed by atoms with Gasteiger partial charge in [0.1, 0.15) is 6.54 Å². The van der Waals surface area contributed by atoms with Gasteiger partial charge in [-0.25, -0.2) is 4.79 Å². The summed E-state index contributed by atoms with van der Waals surface area (Å²) in [5.74, 6) is -0.975. The summed E-state index contributed by atoms with van der Waals surface area (Å²) in [6, 6.07) is 6.49. The molecule has 0 fully saturated rings. The molecule has 4 N–H and O–H groups in total. The first-order valence-electron chi connectivity index (χ1n) is 6.26. The Bertz CT molecular complexity index is 806. The zero-order valence-corrected chi connectivity index (χ0v) is 11.1. The molecule has 0 aliphatic carbocycles. The Balaban J connectivity index is 2.26. The zero-order chi connectivity index (χ0) is 15.4. The quantitative estimate of drug-likeness (QED) is 0.631. The summed E-state index contributed by atoms with van der Waals surface area (Å²) < 4.78 is 1.16. The van der Waals surface area contributed by atoms with Crippen LogP contribution in [0.3, 0.4) is 0 Å². The summed E-state index contributed by atoms with van der Waals surface area (Å²) in [7, 11) is 0. The van der Waals surface area contributed by atoms with Gasteiger partial charge >= 0.3 is 5.69 Å². The van der Waals surface area contributed by atoms with E-state index in [-0.39, 0.29) is 19.5 Å². The van der Waals surface area contributed by atoms with Crippen molar-refractivity contribution in [3.8, 4) is 0 Å². The van der Waals surface area contributed by atoms with Crippen molar-refractivity contribution < 1.29 is 9.59 Å². The van der Waals surface area contributed by atoms with Gasteiger partial charge in [0, 0.05) is 13.0 Å². The van der Waals surface area contributed by atoms with E-state index in [1.165, 1.54) is 0 Å². The molecule has 2 amide bonds. The van der Waals surface area contributed by atoms with Crippen LogP contribution < -0.4 is 22.3 Å². The highest BCUT2D eigenvalue weighted by Crippen LogP contribution is 2.06. The number of fused-ring (bicyclic) bond motifs is 1. The molecule has 0 aliphatic rings. The molecule has 0 aliphatic heterocycles. The molecule has 0 unspecified atom stereocenters. The van der Waals surface area contributed by atoms with Crippen molar-refractivity contribution in [2.24, 2.45) is 5.73 Å². The molecule has 8 nitrogen and oxygen atoms in total. The van der Waals surface area contributed by atoms with E-state index in [1.807, 2.05) is 0 Å². The SMILES string of the molecule is NC(=O)CCNC(=O)Cn1c(=O)[nH]c(=O)c2ccccc21. The highest BCUT2D eigenvalue weighted by atomic mass is 16.2. The van der Waals surface area contributed by atoms with Gasteiger partial charge in [0.25, 0.3) is 5.56 Å². The molecular weight excluding hydrogens is 276 g/mol. The number of nitrogens with zero attached hydrogens (tertiary/aromatic N) is 1. The Morgan fingerprint density at radius 1 is 1.24 bits per heavy atom. The van der Waals surface area contributed by atoms with Crippen LogP contribution in [0.25, 0.3) is 10.9 Å². The molecule has 0 atom stereocenters. The van der Waals surface area contributed by atoms with E-state index in [1.54, 1.807) is 24.3 Å². The molecule has 0 radical (unpaired) electrons. The van der Waals surface area contributed by atoms with E-state index >= 15 is 0 Å².